The number of rotatable bonds is 7. The first-order valence-corrected chi connectivity index (χ1v) is 9.78. The number of ether oxygens (including phenoxy) is 1. The molecule has 0 aliphatic carbocycles. The van der Waals surface area contributed by atoms with Gasteiger partial charge in [-0.15, -0.1) is 0 Å². The van der Waals surface area contributed by atoms with Crippen molar-refractivity contribution in [3.8, 4) is 0 Å². The number of hydrogen-bond donors (Lipinski definition) is 0. The van der Waals surface area contributed by atoms with Gasteiger partial charge in [0.15, 0.2) is 0 Å². The Morgan fingerprint density at radius 1 is 1.19 bits per heavy atom. The van der Waals surface area contributed by atoms with Crippen LogP contribution in [-0.4, -0.2) is 32.5 Å². The first kappa shape index (κ1) is 20.7. The topological polar surface area (TPSA) is 107 Å². The summed E-state index contributed by atoms with van der Waals surface area (Å²) in [6.45, 7) is 3.50. The third kappa shape index (κ3) is 4.37. The predicted molar refractivity (Wildman–Crippen MR) is 101 cm³/mol. The molecule has 0 atom stereocenters. The van der Waals surface area contributed by atoms with Gasteiger partial charge in [0.2, 0.25) is 0 Å². The number of sulfonamides is 1. The SMILES string of the molecule is CCOC(=O)c1cc(N(CC)S(=O)(=O)c2ccc([N+](=O)[O-])cc2)ccc1Cl. The molecule has 27 heavy (non-hydrogen) atoms. The molecule has 0 saturated heterocycles. The summed E-state index contributed by atoms with van der Waals surface area (Å²) in [5.74, 6) is -0.659. The molecule has 0 radical (unpaired) electrons. The van der Waals surface area contributed by atoms with E-state index in [1.165, 1.54) is 18.2 Å². The quantitative estimate of drug-likeness (QED) is 0.390. The number of anilines is 1. The third-order valence-electron chi connectivity index (χ3n) is 3.66. The van der Waals surface area contributed by atoms with Gasteiger partial charge in [0.05, 0.1) is 32.7 Å². The van der Waals surface area contributed by atoms with Crippen molar-refractivity contribution < 1.29 is 22.9 Å². The van der Waals surface area contributed by atoms with E-state index >= 15 is 0 Å². The lowest BCUT2D eigenvalue weighted by molar-refractivity contribution is -0.384. The molecule has 0 bridgehead atoms. The van der Waals surface area contributed by atoms with E-state index in [0.29, 0.717) is 0 Å². The Balaban J connectivity index is 2.47. The molecule has 2 rings (SSSR count). The Bertz CT molecular complexity index is 960. The van der Waals surface area contributed by atoms with Gasteiger partial charge in [-0.05, 0) is 44.2 Å². The minimum Gasteiger partial charge on any atom is -0.462 e. The van der Waals surface area contributed by atoms with E-state index in [1.54, 1.807) is 13.8 Å². The number of benzene rings is 2. The molecule has 0 fully saturated rings. The molecule has 144 valence electrons. The normalized spacial score (nSPS) is 11.1. The van der Waals surface area contributed by atoms with Crippen LogP contribution in [0, 0.1) is 10.1 Å². The van der Waals surface area contributed by atoms with Crippen molar-refractivity contribution in [2.45, 2.75) is 18.7 Å². The van der Waals surface area contributed by atoms with Gasteiger partial charge in [-0.1, -0.05) is 11.6 Å². The van der Waals surface area contributed by atoms with Crippen molar-refractivity contribution in [2.75, 3.05) is 17.5 Å². The number of carbonyl (C=O) groups is 1. The molecular weight excluding hydrogens is 396 g/mol. The molecule has 0 unspecified atom stereocenters. The zero-order valence-corrected chi connectivity index (χ0v) is 16.2. The van der Waals surface area contributed by atoms with E-state index < -0.39 is 20.9 Å². The summed E-state index contributed by atoms with van der Waals surface area (Å²) >= 11 is 6.02. The Kier molecular flexibility index (Phi) is 6.40. The third-order valence-corrected chi connectivity index (χ3v) is 5.90. The minimum atomic E-state index is -4.00. The largest absolute Gasteiger partial charge is 0.462 e. The van der Waals surface area contributed by atoms with Crippen molar-refractivity contribution >= 4 is 39.0 Å². The van der Waals surface area contributed by atoms with Crippen LogP contribution in [0.1, 0.15) is 24.2 Å². The number of carbonyl (C=O) groups excluding carboxylic acids is 1. The van der Waals surface area contributed by atoms with Crippen molar-refractivity contribution in [3.63, 3.8) is 0 Å². The maximum absolute atomic E-state index is 12.9. The maximum atomic E-state index is 12.9. The number of nitro benzene ring substituents is 1. The van der Waals surface area contributed by atoms with E-state index in [2.05, 4.69) is 0 Å². The van der Waals surface area contributed by atoms with Gasteiger partial charge in [0, 0.05) is 18.7 Å². The van der Waals surface area contributed by atoms with Crippen molar-refractivity contribution in [3.05, 3.63) is 63.2 Å². The van der Waals surface area contributed by atoms with Gasteiger partial charge in [0.1, 0.15) is 0 Å². The summed E-state index contributed by atoms with van der Waals surface area (Å²) in [6.07, 6.45) is 0. The molecule has 2 aromatic carbocycles. The minimum absolute atomic E-state index is 0.0494. The molecule has 0 heterocycles. The highest BCUT2D eigenvalue weighted by atomic mass is 35.5. The molecular formula is C17H17ClN2O6S. The summed E-state index contributed by atoms with van der Waals surface area (Å²) in [5.41, 5.74) is 0.0600. The highest BCUT2D eigenvalue weighted by Crippen LogP contribution is 2.29. The van der Waals surface area contributed by atoms with E-state index in [-0.39, 0.29) is 40.0 Å². The first-order valence-electron chi connectivity index (χ1n) is 7.96. The molecule has 8 nitrogen and oxygen atoms in total. The standard InChI is InChI=1S/C17H17ClN2O6S/c1-3-19(13-7-10-16(18)15(11-13)17(21)26-4-2)27(24,25)14-8-5-12(6-9-14)20(22)23/h5-11H,3-4H2,1-2H3. The lowest BCUT2D eigenvalue weighted by Crippen LogP contribution is -2.31. The maximum Gasteiger partial charge on any atom is 0.339 e. The van der Waals surface area contributed by atoms with Crippen molar-refractivity contribution in [1.29, 1.82) is 0 Å². The number of nitrogens with zero attached hydrogens (tertiary/aromatic N) is 2. The van der Waals surface area contributed by atoms with E-state index in [1.807, 2.05) is 0 Å². The van der Waals surface area contributed by atoms with Gasteiger partial charge in [-0.3, -0.25) is 14.4 Å². The highest BCUT2D eigenvalue weighted by Gasteiger charge is 2.25. The molecule has 0 saturated carbocycles. The highest BCUT2D eigenvalue weighted by molar-refractivity contribution is 7.92. The summed E-state index contributed by atoms with van der Waals surface area (Å²) in [6, 6.07) is 8.79. The van der Waals surface area contributed by atoms with Crippen molar-refractivity contribution in [1.82, 2.24) is 0 Å². The second kappa shape index (κ2) is 8.36. The van der Waals surface area contributed by atoms with Crippen LogP contribution in [0.25, 0.3) is 0 Å². The van der Waals surface area contributed by atoms with Crippen LogP contribution in [-0.2, 0) is 14.8 Å². The van der Waals surface area contributed by atoms with Crippen molar-refractivity contribution in [2.24, 2.45) is 0 Å². The molecule has 0 aromatic heterocycles. The number of nitro groups is 1. The first-order chi connectivity index (χ1) is 12.7. The fraction of sp³-hybridized carbons (Fsp3) is 0.235. The van der Waals surface area contributed by atoms with Gasteiger partial charge < -0.3 is 4.74 Å². The van der Waals surface area contributed by atoms with E-state index in [9.17, 15) is 23.3 Å². The number of non-ortho nitro benzene ring substituents is 1. The van der Waals surface area contributed by atoms with Gasteiger partial charge in [-0.25, -0.2) is 13.2 Å². The van der Waals surface area contributed by atoms with Crippen LogP contribution in [0.15, 0.2) is 47.4 Å². The molecule has 0 aliphatic rings. The zero-order chi connectivity index (χ0) is 20.2. The van der Waals surface area contributed by atoms with Gasteiger partial charge in [-0.2, -0.15) is 0 Å². The lowest BCUT2D eigenvalue weighted by atomic mass is 10.2. The van der Waals surface area contributed by atoms with Gasteiger partial charge in [0.25, 0.3) is 15.7 Å². The van der Waals surface area contributed by atoms with Crippen LogP contribution in [0.5, 0.6) is 0 Å². The lowest BCUT2D eigenvalue weighted by Gasteiger charge is -2.23. The number of hydrogen-bond acceptors (Lipinski definition) is 6. The molecule has 0 N–H and O–H groups in total. The van der Waals surface area contributed by atoms with Crippen LogP contribution >= 0.6 is 11.6 Å². The molecule has 0 spiro atoms. The second-order valence-corrected chi connectivity index (χ2v) is 7.57. The summed E-state index contributed by atoms with van der Waals surface area (Å²) in [4.78, 5) is 22.0. The average Bonchev–Trinajstić information content (AvgIpc) is 2.63. The second-order valence-electron chi connectivity index (χ2n) is 5.31. The van der Waals surface area contributed by atoms with Crippen LogP contribution in [0.2, 0.25) is 5.02 Å². The molecule has 0 aliphatic heterocycles. The molecule has 10 heteroatoms. The van der Waals surface area contributed by atoms with Crippen LogP contribution in [0.4, 0.5) is 11.4 Å². The fourth-order valence-corrected chi connectivity index (χ4v) is 4.05. The summed E-state index contributed by atoms with van der Waals surface area (Å²) in [7, 11) is -4.00. The molecule has 0 amide bonds. The molecule has 2 aromatic rings. The van der Waals surface area contributed by atoms with Crippen LogP contribution < -0.4 is 4.31 Å². The Hall–Kier alpha value is -2.65. The van der Waals surface area contributed by atoms with E-state index in [0.717, 1.165) is 28.6 Å². The van der Waals surface area contributed by atoms with Gasteiger partial charge >= 0.3 is 5.97 Å². The Morgan fingerprint density at radius 2 is 1.81 bits per heavy atom. The van der Waals surface area contributed by atoms with E-state index in [4.69, 9.17) is 16.3 Å². The Labute approximate surface area is 161 Å². The summed E-state index contributed by atoms with van der Waals surface area (Å²) in [5, 5.41) is 10.9. The zero-order valence-electron chi connectivity index (χ0n) is 14.6. The predicted octanol–water partition coefficient (Wildman–Crippen LogP) is 3.64. The van der Waals surface area contributed by atoms with Crippen LogP contribution in [0.3, 0.4) is 0 Å². The monoisotopic (exact) mass is 412 g/mol. The number of halogens is 1. The smallest absolute Gasteiger partial charge is 0.339 e. The average molecular weight is 413 g/mol. The fourth-order valence-electron chi connectivity index (χ4n) is 2.39. The Morgan fingerprint density at radius 3 is 2.33 bits per heavy atom. The summed E-state index contributed by atoms with van der Waals surface area (Å²) < 4.78 is 31.9. The number of esters is 1.